The first-order chi connectivity index (χ1) is 24.2. The minimum atomic E-state index is 0.599. The standard InChI is InChI=1S/C45H27N3O/c1-4-12-31-25-34(20-17-28(31)9-1)37-23-24-40-41(38-15-7-8-16-39(38)49-40)42(37)45-47-43(35-21-18-29-10-2-5-13-32(29)26-35)46-44(48-45)36-22-19-30-11-3-6-14-33(30)27-36/h1-27H. The first-order valence-electron chi connectivity index (χ1n) is 16.4. The number of nitrogens with zero attached hydrogens (tertiary/aromatic N) is 3. The van der Waals surface area contributed by atoms with Crippen LogP contribution < -0.4 is 0 Å². The summed E-state index contributed by atoms with van der Waals surface area (Å²) in [5, 5.41) is 8.99. The maximum Gasteiger partial charge on any atom is 0.165 e. The average Bonchev–Trinajstić information content (AvgIpc) is 3.55. The lowest BCUT2D eigenvalue weighted by molar-refractivity contribution is 0.669. The molecular formula is C45H27N3O. The normalized spacial score (nSPS) is 11.7. The van der Waals surface area contributed by atoms with Gasteiger partial charge in [-0.15, -0.1) is 0 Å². The Morgan fingerprint density at radius 3 is 1.41 bits per heavy atom. The lowest BCUT2D eigenvalue weighted by Crippen LogP contribution is -2.01. The van der Waals surface area contributed by atoms with Crippen LogP contribution in [0.1, 0.15) is 0 Å². The van der Waals surface area contributed by atoms with Gasteiger partial charge in [-0.2, -0.15) is 0 Å². The number of fused-ring (bicyclic) bond motifs is 6. The number of hydrogen-bond acceptors (Lipinski definition) is 4. The molecule has 0 atom stereocenters. The van der Waals surface area contributed by atoms with Gasteiger partial charge in [-0.25, -0.2) is 15.0 Å². The van der Waals surface area contributed by atoms with Crippen LogP contribution in [0.3, 0.4) is 0 Å². The molecule has 10 aromatic rings. The minimum Gasteiger partial charge on any atom is -0.456 e. The maximum atomic E-state index is 6.43. The SMILES string of the molecule is c1ccc2cc(-c3nc(-c4ccc5ccccc5c4)nc(-c4c(-c5ccc6ccccc6c5)ccc5oc6ccccc6c45)n3)ccc2c1. The Balaban J connectivity index is 1.30. The van der Waals surface area contributed by atoms with E-state index in [0.29, 0.717) is 17.5 Å². The van der Waals surface area contributed by atoms with E-state index >= 15 is 0 Å². The van der Waals surface area contributed by atoms with E-state index in [9.17, 15) is 0 Å². The Hall–Kier alpha value is -6.65. The van der Waals surface area contributed by atoms with Crippen LogP contribution in [0.4, 0.5) is 0 Å². The topological polar surface area (TPSA) is 51.8 Å². The molecule has 0 radical (unpaired) electrons. The van der Waals surface area contributed by atoms with E-state index in [-0.39, 0.29) is 0 Å². The average molecular weight is 626 g/mol. The zero-order valence-corrected chi connectivity index (χ0v) is 26.3. The van der Waals surface area contributed by atoms with Crippen LogP contribution in [0.25, 0.3) is 99.5 Å². The van der Waals surface area contributed by atoms with E-state index in [4.69, 9.17) is 19.4 Å². The molecule has 0 spiro atoms. The Kier molecular flexibility index (Phi) is 6.15. The highest BCUT2D eigenvalue weighted by Gasteiger charge is 2.22. The number of rotatable bonds is 4. The van der Waals surface area contributed by atoms with E-state index in [0.717, 1.165) is 60.5 Å². The lowest BCUT2D eigenvalue weighted by Gasteiger charge is -2.14. The van der Waals surface area contributed by atoms with Gasteiger partial charge in [0.2, 0.25) is 0 Å². The van der Waals surface area contributed by atoms with Gasteiger partial charge < -0.3 is 4.42 Å². The van der Waals surface area contributed by atoms with Crippen molar-refractivity contribution in [1.82, 2.24) is 15.0 Å². The molecule has 0 aliphatic carbocycles. The van der Waals surface area contributed by atoms with Gasteiger partial charge in [0.25, 0.3) is 0 Å². The molecule has 4 nitrogen and oxygen atoms in total. The molecule has 0 fully saturated rings. The third-order valence-corrected chi connectivity index (χ3v) is 9.48. The predicted molar refractivity (Wildman–Crippen MR) is 201 cm³/mol. The molecule has 228 valence electrons. The summed E-state index contributed by atoms with van der Waals surface area (Å²) in [7, 11) is 0. The quantitative estimate of drug-likeness (QED) is 0.195. The molecule has 0 N–H and O–H groups in total. The monoisotopic (exact) mass is 625 g/mol. The second-order valence-corrected chi connectivity index (χ2v) is 12.5. The number of hydrogen-bond donors (Lipinski definition) is 0. The molecule has 49 heavy (non-hydrogen) atoms. The Morgan fingerprint density at radius 1 is 0.347 bits per heavy atom. The molecule has 0 bridgehead atoms. The summed E-state index contributed by atoms with van der Waals surface area (Å²) < 4.78 is 6.43. The van der Waals surface area contributed by atoms with Gasteiger partial charge >= 0.3 is 0 Å². The number of para-hydroxylation sites is 1. The largest absolute Gasteiger partial charge is 0.456 e. The molecule has 2 heterocycles. The molecule has 0 aliphatic rings. The van der Waals surface area contributed by atoms with Gasteiger partial charge in [0.1, 0.15) is 11.2 Å². The molecule has 2 aromatic heterocycles. The maximum absolute atomic E-state index is 6.43. The third kappa shape index (κ3) is 4.65. The van der Waals surface area contributed by atoms with Crippen molar-refractivity contribution in [2.75, 3.05) is 0 Å². The summed E-state index contributed by atoms with van der Waals surface area (Å²) in [6.45, 7) is 0. The third-order valence-electron chi connectivity index (χ3n) is 9.48. The minimum absolute atomic E-state index is 0.599. The van der Waals surface area contributed by atoms with Crippen molar-refractivity contribution >= 4 is 54.3 Å². The molecule has 0 amide bonds. The fourth-order valence-corrected chi connectivity index (χ4v) is 7.05. The first kappa shape index (κ1) is 27.5. The second-order valence-electron chi connectivity index (χ2n) is 12.5. The summed E-state index contributed by atoms with van der Waals surface area (Å²) in [5.41, 5.74) is 6.52. The van der Waals surface area contributed by atoms with Gasteiger partial charge in [0.15, 0.2) is 17.5 Å². The number of benzene rings is 8. The summed E-state index contributed by atoms with van der Waals surface area (Å²) in [6.07, 6.45) is 0. The van der Waals surface area contributed by atoms with Crippen molar-refractivity contribution in [2.24, 2.45) is 0 Å². The summed E-state index contributed by atoms with van der Waals surface area (Å²) in [6, 6.07) is 57.0. The van der Waals surface area contributed by atoms with Crippen LogP contribution in [-0.4, -0.2) is 15.0 Å². The van der Waals surface area contributed by atoms with Gasteiger partial charge in [-0.05, 0) is 79.8 Å². The van der Waals surface area contributed by atoms with Crippen molar-refractivity contribution in [3.63, 3.8) is 0 Å². The van der Waals surface area contributed by atoms with Crippen LogP contribution in [0.2, 0.25) is 0 Å². The Bertz CT molecular complexity index is 2810. The van der Waals surface area contributed by atoms with Crippen molar-refractivity contribution < 1.29 is 4.42 Å². The summed E-state index contributed by atoms with van der Waals surface area (Å²) in [4.78, 5) is 15.7. The van der Waals surface area contributed by atoms with E-state index < -0.39 is 0 Å². The fourth-order valence-electron chi connectivity index (χ4n) is 7.05. The van der Waals surface area contributed by atoms with Gasteiger partial charge in [-0.3, -0.25) is 0 Å². The van der Waals surface area contributed by atoms with Gasteiger partial charge in [-0.1, -0.05) is 127 Å². The van der Waals surface area contributed by atoms with Crippen LogP contribution >= 0.6 is 0 Å². The van der Waals surface area contributed by atoms with E-state index in [2.05, 4.69) is 152 Å². The molecule has 4 heteroatoms. The molecule has 0 saturated heterocycles. The highest BCUT2D eigenvalue weighted by Crippen LogP contribution is 2.43. The summed E-state index contributed by atoms with van der Waals surface area (Å²) >= 11 is 0. The van der Waals surface area contributed by atoms with Crippen LogP contribution in [0, 0.1) is 0 Å². The zero-order valence-electron chi connectivity index (χ0n) is 26.3. The van der Waals surface area contributed by atoms with E-state index in [1.54, 1.807) is 0 Å². The van der Waals surface area contributed by atoms with Crippen LogP contribution in [0.15, 0.2) is 168 Å². The molecule has 0 aliphatic heterocycles. The molecule has 0 unspecified atom stereocenters. The highest BCUT2D eigenvalue weighted by atomic mass is 16.3. The second kappa shape index (κ2) is 11.0. The Morgan fingerprint density at radius 2 is 0.816 bits per heavy atom. The van der Waals surface area contributed by atoms with E-state index in [1.165, 1.54) is 21.5 Å². The Labute approximate surface area is 282 Å². The summed E-state index contributed by atoms with van der Waals surface area (Å²) in [5.74, 6) is 1.84. The van der Waals surface area contributed by atoms with E-state index in [1.807, 2.05) is 12.1 Å². The highest BCUT2D eigenvalue weighted by molar-refractivity contribution is 6.15. The smallest absolute Gasteiger partial charge is 0.165 e. The molecular weight excluding hydrogens is 599 g/mol. The van der Waals surface area contributed by atoms with Crippen LogP contribution in [0.5, 0.6) is 0 Å². The van der Waals surface area contributed by atoms with Crippen molar-refractivity contribution in [2.45, 2.75) is 0 Å². The lowest BCUT2D eigenvalue weighted by atomic mass is 9.93. The molecule has 0 saturated carbocycles. The number of furan rings is 1. The van der Waals surface area contributed by atoms with Crippen molar-refractivity contribution in [1.29, 1.82) is 0 Å². The predicted octanol–water partition coefficient (Wildman–Crippen LogP) is 11.9. The van der Waals surface area contributed by atoms with Crippen molar-refractivity contribution in [3.05, 3.63) is 164 Å². The molecule has 10 rings (SSSR count). The van der Waals surface area contributed by atoms with Crippen LogP contribution in [-0.2, 0) is 0 Å². The number of aromatic nitrogens is 3. The van der Waals surface area contributed by atoms with Gasteiger partial charge in [0.05, 0.1) is 0 Å². The van der Waals surface area contributed by atoms with Crippen molar-refractivity contribution in [3.8, 4) is 45.3 Å². The fraction of sp³-hybridized carbons (Fsp3) is 0. The molecule has 8 aromatic carbocycles. The zero-order chi connectivity index (χ0) is 32.3. The van der Waals surface area contributed by atoms with Gasteiger partial charge in [0, 0.05) is 27.5 Å². The first-order valence-corrected chi connectivity index (χ1v) is 16.4.